The Labute approximate surface area is 170 Å². The number of phenolic OH excluding ortho intramolecular Hbond substituents is 1. The van der Waals surface area contributed by atoms with Gasteiger partial charge in [0.1, 0.15) is 23.1 Å². The first-order valence-corrected chi connectivity index (χ1v) is 9.53. The largest absolute Gasteiger partial charge is 0.505 e. The van der Waals surface area contributed by atoms with Crippen molar-refractivity contribution >= 4 is 16.7 Å². The molecule has 0 amide bonds. The maximum atomic E-state index is 11.1. The molecule has 5 nitrogen and oxygen atoms in total. The normalized spacial score (nSPS) is 12.0. The van der Waals surface area contributed by atoms with E-state index in [9.17, 15) is 5.11 Å². The van der Waals surface area contributed by atoms with Crippen molar-refractivity contribution in [2.24, 2.45) is 0 Å². The molecule has 2 heterocycles. The summed E-state index contributed by atoms with van der Waals surface area (Å²) in [6.45, 7) is 3.97. The lowest BCUT2D eigenvalue weighted by Gasteiger charge is -2.18. The van der Waals surface area contributed by atoms with E-state index in [2.05, 4.69) is 15.3 Å². The highest BCUT2D eigenvalue weighted by atomic mass is 16.5. The van der Waals surface area contributed by atoms with E-state index in [1.807, 2.05) is 80.7 Å². The molecule has 0 aliphatic heterocycles. The summed E-state index contributed by atoms with van der Waals surface area (Å²) in [5, 5.41) is 15.5. The Bertz CT molecular complexity index is 1160. The fourth-order valence-electron chi connectivity index (χ4n) is 3.48. The maximum absolute atomic E-state index is 11.1. The van der Waals surface area contributed by atoms with Gasteiger partial charge in [-0.05, 0) is 49.7 Å². The van der Waals surface area contributed by atoms with E-state index >= 15 is 0 Å². The number of hydrogen-bond donors (Lipinski definition) is 2. The number of rotatable bonds is 5. The highest BCUT2D eigenvalue weighted by molar-refractivity contribution is 5.86. The molecule has 0 aliphatic rings. The van der Waals surface area contributed by atoms with Crippen LogP contribution in [0.5, 0.6) is 11.5 Å². The zero-order valence-electron chi connectivity index (χ0n) is 16.7. The molecule has 2 aromatic carbocycles. The zero-order valence-corrected chi connectivity index (χ0v) is 16.7. The van der Waals surface area contributed by atoms with Crippen LogP contribution >= 0.6 is 0 Å². The second-order valence-corrected chi connectivity index (χ2v) is 7.16. The summed E-state index contributed by atoms with van der Waals surface area (Å²) in [6.07, 6.45) is 1.90. The number of H-pyrrole nitrogens is 1. The molecule has 4 rings (SSSR count). The molecular formula is C24H24N3O2+. The first kappa shape index (κ1) is 18.7. The fraction of sp³-hybridized carbons (Fsp3) is 0.167. The molecule has 0 bridgehead atoms. The standard InChI is InChI=1S/C24H23N3O2/c1-15-12-13-25-21(14-15)27-22(17-6-9-19(29-3)10-7-17)20-11-8-18-5-4-16(2)26-23(18)24(20)28/h4-14,22,28H,1-3H3,(H,25,27)/p+1/t22-/m1/s1. The Balaban J connectivity index is 1.84. The molecule has 0 spiro atoms. The van der Waals surface area contributed by atoms with Crippen LogP contribution in [-0.2, 0) is 0 Å². The Morgan fingerprint density at radius 3 is 2.48 bits per heavy atom. The van der Waals surface area contributed by atoms with Crippen LogP contribution < -0.4 is 15.0 Å². The third-order valence-electron chi connectivity index (χ3n) is 5.02. The second kappa shape index (κ2) is 7.80. The molecule has 1 atom stereocenters. The first-order chi connectivity index (χ1) is 14.0. The lowest BCUT2D eigenvalue weighted by molar-refractivity contribution is -0.361. The van der Waals surface area contributed by atoms with Crippen LogP contribution in [0.25, 0.3) is 10.9 Å². The van der Waals surface area contributed by atoms with Crippen LogP contribution in [0.4, 0.5) is 5.82 Å². The molecule has 4 aromatic rings. The minimum Gasteiger partial charge on any atom is -0.505 e. The van der Waals surface area contributed by atoms with Gasteiger partial charge in [-0.1, -0.05) is 24.3 Å². The molecule has 0 aliphatic carbocycles. The summed E-state index contributed by atoms with van der Waals surface area (Å²) in [4.78, 5) is 7.79. The van der Waals surface area contributed by atoms with Crippen molar-refractivity contribution in [3.8, 4) is 11.5 Å². The number of benzene rings is 2. The van der Waals surface area contributed by atoms with Gasteiger partial charge in [0.2, 0.25) is 0 Å². The van der Waals surface area contributed by atoms with Crippen LogP contribution in [0.1, 0.15) is 28.4 Å². The lowest BCUT2D eigenvalue weighted by atomic mass is 9.96. The molecule has 5 heteroatoms. The Kier molecular flexibility index (Phi) is 5.04. The number of aromatic amines is 1. The van der Waals surface area contributed by atoms with Crippen molar-refractivity contribution in [2.45, 2.75) is 19.9 Å². The Morgan fingerprint density at radius 2 is 1.76 bits per heavy atom. The number of hydrogen-bond acceptors (Lipinski definition) is 4. The van der Waals surface area contributed by atoms with Gasteiger partial charge in [-0.3, -0.25) is 5.32 Å². The van der Waals surface area contributed by atoms with Gasteiger partial charge in [-0.25, -0.2) is 9.97 Å². The summed E-state index contributed by atoms with van der Waals surface area (Å²) < 4.78 is 5.30. The number of aromatic hydroxyl groups is 1. The van der Waals surface area contributed by atoms with Crippen LogP contribution in [0.15, 0.2) is 66.9 Å². The van der Waals surface area contributed by atoms with Crippen molar-refractivity contribution < 1.29 is 14.8 Å². The molecule has 0 radical (unpaired) electrons. The smallest absolute Gasteiger partial charge is 0.273 e. The Morgan fingerprint density at radius 1 is 1.00 bits per heavy atom. The van der Waals surface area contributed by atoms with E-state index in [0.717, 1.165) is 39.3 Å². The van der Waals surface area contributed by atoms with E-state index < -0.39 is 0 Å². The van der Waals surface area contributed by atoms with Crippen molar-refractivity contribution in [3.05, 3.63) is 89.2 Å². The predicted molar refractivity (Wildman–Crippen MR) is 114 cm³/mol. The van der Waals surface area contributed by atoms with Gasteiger partial charge < -0.3 is 9.84 Å². The Hall–Kier alpha value is -3.60. The number of pyridine rings is 2. The molecule has 0 fully saturated rings. The number of fused-ring (bicyclic) bond motifs is 1. The molecule has 3 N–H and O–H groups in total. The van der Waals surface area contributed by atoms with Gasteiger partial charge in [0.25, 0.3) is 5.82 Å². The number of methoxy groups -OCH3 is 1. The topological polar surface area (TPSA) is 68.5 Å². The lowest BCUT2D eigenvalue weighted by Crippen LogP contribution is -2.19. The number of aromatic nitrogens is 2. The van der Waals surface area contributed by atoms with E-state index in [0.29, 0.717) is 5.52 Å². The van der Waals surface area contributed by atoms with Crippen LogP contribution in [0.2, 0.25) is 0 Å². The van der Waals surface area contributed by atoms with Gasteiger partial charge in [0.15, 0.2) is 0 Å². The third-order valence-corrected chi connectivity index (χ3v) is 5.02. The van der Waals surface area contributed by atoms with Crippen molar-refractivity contribution in [1.82, 2.24) is 4.98 Å². The number of ether oxygens (including phenoxy) is 1. The van der Waals surface area contributed by atoms with Crippen molar-refractivity contribution in [3.63, 3.8) is 0 Å². The quantitative estimate of drug-likeness (QED) is 0.527. The minimum absolute atomic E-state index is 0.187. The van der Waals surface area contributed by atoms with Gasteiger partial charge in [0, 0.05) is 28.3 Å². The molecule has 0 saturated carbocycles. The third kappa shape index (κ3) is 3.85. The summed E-state index contributed by atoms with van der Waals surface area (Å²) in [6, 6.07) is 19.5. The number of nitrogens with zero attached hydrogens (tertiary/aromatic N) is 1. The number of phenols is 1. The second-order valence-electron chi connectivity index (χ2n) is 7.16. The van der Waals surface area contributed by atoms with E-state index in [1.165, 1.54) is 0 Å². The van der Waals surface area contributed by atoms with Gasteiger partial charge in [0.05, 0.1) is 13.3 Å². The van der Waals surface area contributed by atoms with Crippen LogP contribution in [0.3, 0.4) is 0 Å². The van der Waals surface area contributed by atoms with E-state index in [1.54, 1.807) is 7.11 Å². The molecule has 2 aromatic heterocycles. The fourth-order valence-corrected chi connectivity index (χ4v) is 3.48. The van der Waals surface area contributed by atoms with Crippen molar-refractivity contribution in [1.29, 1.82) is 0 Å². The van der Waals surface area contributed by atoms with Gasteiger partial charge >= 0.3 is 0 Å². The average Bonchev–Trinajstić information content (AvgIpc) is 2.73. The predicted octanol–water partition coefficient (Wildman–Crippen LogP) is 4.58. The van der Waals surface area contributed by atoms with E-state index in [-0.39, 0.29) is 11.8 Å². The summed E-state index contributed by atoms with van der Waals surface area (Å²) in [5.41, 5.74) is 4.38. The SMILES string of the molecule is COc1ccc([C@@H](Nc2cc(C)cc[nH+]2)c2ccc3ccc(C)nc3c2O)cc1. The summed E-state index contributed by atoms with van der Waals surface area (Å²) in [5.74, 6) is 1.84. The highest BCUT2D eigenvalue weighted by Crippen LogP contribution is 2.36. The minimum atomic E-state index is -0.273. The molecular weight excluding hydrogens is 362 g/mol. The molecule has 0 unspecified atom stereocenters. The van der Waals surface area contributed by atoms with Gasteiger partial charge in [-0.2, -0.15) is 0 Å². The van der Waals surface area contributed by atoms with Crippen molar-refractivity contribution in [2.75, 3.05) is 12.4 Å². The first-order valence-electron chi connectivity index (χ1n) is 9.53. The zero-order chi connectivity index (χ0) is 20.4. The molecule has 0 saturated heterocycles. The number of anilines is 1. The molecule has 29 heavy (non-hydrogen) atoms. The van der Waals surface area contributed by atoms with Gasteiger partial charge in [-0.15, -0.1) is 0 Å². The number of nitrogens with one attached hydrogen (secondary N) is 2. The van der Waals surface area contributed by atoms with E-state index in [4.69, 9.17) is 4.74 Å². The maximum Gasteiger partial charge on any atom is 0.273 e. The summed E-state index contributed by atoms with van der Waals surface area (Å²) >= 11 is 0. The van der Waals surface area contributed by atoms with Crippen LogP contribution in [0, 0.1) is 13.8 Å². The average molecular weight is 386 g/mol. The monoisotopic (exact) mass is 386 g/mol. The summed E-state index contributed by atoms with van der Waals surface area (Å²) in [7, 11) is 1.65. The highest BCUT2D eigenvalue weighted by Gasteiger charge is 2.24. The number of aryl methyl sites for hydroxylation is 2. The van der Waals surface area contributed by atoms with Crippen LogP contribution in [-0.4, -0.2) is 17.2 Å². The molecule has 146 valence electrons.